The lowest BCUT2D eigenvalue weighted by molar-refractivity contribution is -0.275. The van der Waals surface area contributed by atoms with Gasteiger partial charge in [-0.15, -0.1) is 13.2 Å². The largest absolute Gasteiger partial charge is 0.573 e. The van der Waals surface area contributed by atoms with Gasteiger partial charge in [-0.1, -0.05) is 31.5 Å². The van der Waals surface area contributed by atoms with Crippen LogP contribution in [-0.4, -0.2) is 44.4 Å². The second-order valence-electron chi connectivity index (χ2n) is 8.83. The molecule has 2 atom stereocenters. The molecule has 3 N–H and O–H groups in total. The zero-order valence-corrected chi connectivity index (χ0v) is 21.5. The quantitative estimate of drug-likeness (QED) is 0.499. The first-order valence-electron chi connectivity index (χ1n) is 11.5. The van der Waals surface area contributed by atoms with Crippen LogP contribution >= 0.6 is 11.6 Å². The van der Waals surface area contributed by atoms with E-state index < -0.39 is 34.0 Å². The summed E-state index contributed by atoms with van der Waals surface area (Å²) in [5.41, 5.74) is 6.59. The number of likely N-dealkylation sites (tertiary alicyclic amines) is 1. The molecule has 7 nitrogen and oxygen atoms in total. The van der Waals surface area contributed by atoms with Crippen LogP contribution in [0.25, 0.3) is 0 Å². The van der Waals surface area contributed by atoms with E-state index >= 15 is 0 Å². The number of benzene rings is 2. The lowest BCUT2D eigenvalue weighted by Gasteiger charge is -2.36. The van der Waals surface area contributed by atoms with Crippen molar-refractivity contribution in [3.05, 3.63) is 58.1 Å². The number of halogens is 4. The molecule has 3 rings (SSSR count). The number of nitrogens with one attached hydrogen (secondary N) is 1. The molecule has 198 valence electrons. The molecule has 2 aromatic carbocycles. The van der Waals surface area contributed by atoms with Gasteiger partial charge >= 0.3 is 6.36 Å². The Kier molecular flexibility index (Phi) is 8.92. The Morgan fingerprint density at radius 3 is 2.64 bits per heavy atom. The predicted molar refractivity (Wildman–Crippen MR) is 130 cm³/mol. The van der Waals surface area contributed by atoms with Gasteiger partial charge < -0.3 is 15.8 Å². The van der Waals surface area contributed by atoms with Gasteiger partial charge in [-0.05, 0) is 61.2 Å². The van der Waals surface area contributed by atoms with Gasteiger partial charge in [0.2, 0.25) is 0 Å². The van der Waals surface area contributed by atoms with Crippen LogP contribution in [-0.2, 0) is 16.4 Å². The van der Waals surface area contributed by atoms with E-state index in [9.17, 15) is 26.4 Å². The highest BCUT2D eigenvalue weighted by molar-refractivity contribution is 7.91. The number of hydrogen-bond donors (Lipinski definition) is 2. The van der Waals surface area contributed by atoms with Crippen molar-refractivity contribution >= 4 is 27.3 Å². The van der Waals surface area contributed by atoms with Gasteiger partial charge in [-0.3, -0.25) is 9.69 Å². The van der Waals surface area contributed by atoms with E-state index in [1.807, 2.05) is 4.90 Å². The third-order valence-electron chi connectivity index (χ3n) is 6.08. The van der Waals surface area contributed by atoms with Crippen molar-refractivity contribution < 1.29 is 31.1 Å². The fraction of sp³-hybridized carbons (Fsp3) is 0.458. The number of sulfone groups is 1. The summed E-state index contributed by atoms with van der Waals surface area (Å²) in [6.07, 6.45) is -3.93. The number of hydrogen-bond acceptors (Lipinski definition) is 6. The highest BCUT2D eigenvalue weighted by Gasteiger charge is 2.34. The number of rotatable bonds is 8. The molecular weight excluding hydrogens is 519 g/mol. The van der Waals surface area contributed by atoms with Crippen LogP contribution in [0, 0.1) is 5.92 Å². The number of nitrogens with zero attached hydrogens (tertiary/aromatic N) is 1. The molecule has 0 bridgehead atoms. The van der Waals surface area contributed by atoms with Crippen molar-refractivity contribution in [3.8, 4) is 5.75 Å². The molecule has 1 aliphatic heterocycles. The van der Waals surface area contributed by atoms with Gasteiger partial charge in [0.15, 0.2) is 9.84 Å². The van der Waals surface area contributed by atoms with Gasteiger partial charge in [-0.2, -0.15) is 0 Å². The second kappa shape index (κ2) is 11.4. The summed E-state index contributed by atoms with van der Waals surface area (Å²) in [5.74, 6) is -1.06. The summed E-state index contributed by atoms with van der Waals surface area (Å²) in [6, 6.07) is 7.92. The molecule has 0 spiro atoms. The van der Waals surface area contributed by atoms with E-state index in [1.165, 1.54) is 37.3 Å². The molecule has 2 unspecified atom stereocenters. The molecule has 1 saturated heterocycles. The monoisotopic (exact) mass is 547 g/mol. The highest BCUT2D eigenvalue weighted by atomic mass is 35.5. The number of nitrogens with two attached hydrogens (primary N) is 1. The molecule has 1 heterocycles. The second-order valence-corrected chi connectivity index (χ2v) is 11.5. The number of ether oxygens (including phenoxy) is 1. The average molecular weight is 548 g/mol. The first-order valence-corrected chi connectivity index (χ1v) is 13.5. The predicted octanol–water partition coefficient (Wildman–Crippen LogP) is 4.65. The SMILES string of the molecule is CCS(=O)(=O)c1ccc(Cl)cc1CNC(=O)c1ccc(C(N)N2CCCC(C)C2)c(OC(F)(F)F)c1. The lowest BCUT2D eigenvalue weighted by atomic mass is 9.98. The van der Waals surface area contributed by atoms with E-state index in [0.717, 1.165) is 18.9 Å². The minimum absolute atomic E-state index is 0.0212. The summed E-state index contributed by atoms with van der Waals surface area (Å²) in [6.45, 7) is 4.62. The van der Waals surface area contributed by atoms with Crippen LogP contribution in [0.2, 0.25) is 5.02 Å². The molecule has 1 aliphatic rings. The lowest BCUT2D eigenvalue weighted by Crippen LogP contribution is -2.41. The third-order valence-corrected chi connectivity index (χ3v) is 8.14. The molecule has 0 saturated carbocycles. The minimum atomic E-state index is -4.98. The van der Waals surface area contributed by atoms with Crippen LogP contribution in [0.4, 0.5) is 13.2 Å². The maximum Gasteiger partial charge on any atom is 0.573 e. The van der Waals surface area contributed by atoms with E-state index in [4.69, 9.17) is 17.3 Å². The van der Waals surface area contributed by atoms with Gasteiger partial charge in [0.05, 0.1) is 16.8 Å². The van der Waals surface area contributed by atoms with Gasteiger partial charge in [0, 0.05) is 29.2 Å². The normalized spacial score (nSPS) is 18.0. The highest BCUT2D eigenvalue weighted by Crippen LogP contribution is 2.34. The number of amides is 1. The zero-order chi connectivity index (χ0) is 26.7. The van der Waals surface area contributed by atoms with Gasteiger partial charge in [0.1, 0.15) is 5.75 Å². The fourth-order valence-corrected chi connectivity index (χ4v) is 5.54. The van der Waals surface area contributed by atoms with E-state index in [2.05, 4.69) is 17.0 Å². The summed E-state index contributed by atoms with van der Waals surface area (Å²) < 4.78 is 68.5. The molecule has 0 aliphatic carbocycles. The standard InChI is InChI=1S/C24H29ClF3N3O4S/c1-3-36(33,34)21-9-7-18(25)11-17(21)13-30-23(32)16-6-8-19(20(12-16)35-24(26,27)28)22(29)31-10-4-5-15(2)14-31/h6-9,11-12,15,22H,3-5,10,13-14,29H2,1-2H3,(H,30,32). The Bertz CT molecular complexity index is 1210. The van der Waals surface area contributed by atoms with Gasteiger partial charge in [0.25, 0.3) is 5.91 Å². The third kappa shape index (κ3) is 7.12. The molecule has 1 amide bonds. The fourth-order valence-electron chi connectivity index (χ4n) is 4.23. The average Bonchev–Trinajstić information content (AvgIpc) is 2.81. The molecule has 2 aromatic rings. The maximum absolute atomic E-state index is 13.2. The molecule has 0 aromatic heterocycles. The zero-order valence-electron chi connectivity index (χ0n) is 19.9. The minimum Gasteiger partial charge on any atom is -0.405 e. The van der Waals surface area contributed by atoms with Gasteiger partial charge in [-0.25, -0.2) is 8.42 Å². The Labute approximate surface area is 213 Å². The van der Waals surface area contributed by atoms with Crippen molar-refractivity contribution in [1.82, 2.24) is 10.2 Å². The molecular formula is C24H29ClF3N3O4S. The number of carbonyl (C=O) groups is 1. The molecule has 1 fully saturated rings. The smallest absolute Gasteiger partial charge is 0.405 e. The summed E-state index contributed by atoms with van der Waals surface area (Å²) in [4.78, 5) is 14.7. The van der Waals surface area contributed by atoms with Crippen molar-refractivity contribution in [2.75, 3.05) is 18.8 Å². The van der Waals surface area contributed by atoms with Crippen molar-refractivity contribution in [2.24, 2.45) is 11.7 Å². The number of alkyl halides is 3. The molecule has 0 radical (unpaired) electrons. The topological polar surface area (TPSA) is 102 Å². The summed E-state index contributed by atoms with van der Waals surface area (Å²) >= 11 is 6.00. The Morgan fingerprint density at radius 1 is 1.28 bits per heavy atom. The van der Waals surface area contributed by atoms with Crippen molar-refractivity contribution in [1.29, 1.82) is 0 Å². The van der Waals surface area contributed by atoms with Crippen LogP contribution < -0.4 is 15.8 Å². The van der Waals surface area contributed by atoms with Crippen molar-refractivity contribution in [2.45, 2.75) is 50.7 Å². The Hall–Kier alpha value is -2.34. The van der Waals surface area contributed by atoms with Crippen LogP contribution in [0.3, 0.4) is 0 Å². The van der Waals surface area contributed by atoms with E-state index in [1.54, 1.807) is 0 Å². The van der Waals surface area contributed by atoms with E-state index in [0.29, 0.717) is 19.0 Å². The van der Waals surface area contributed by atoms with Crippen LogP contribution in [0.1, 0.15) is 54.3 Å². The van der Waals surface area contributed by atoms with Crippen molar-refractivity contribution in [3.63, 3.8) is 0 Å². The molecule has 12 heteroatoms. The number of piperidine rings is 1. The first-order chi connectivity index (χ1) is 16.8. The van der Waals surface area contributed by atoms with Crippen LogP contribution in [0.5, 0.6) is 5.75 Å². The van der Waals surface area contributed by atoms with E-state index in [-0.39, 0.29) is 38.9 Å². The summed E-state index contributed by atoms with van der Waals surface area (Å²) in [5, 5.41) is 2.82. The summed E-state index contributed by atoms with van der Waals surface area (Å²) in [7, 11) is -3.59. The Balaban J connectivity index is 1.86. The Morgan fingerprint density at radius 2 is 2.00 bits per heavy atom. The number of carbonyl (C=O) groups excluding carboxylic acids is 1. The van der Waals surface area contributed by atoms with Crippen LogP contribution in [0.15, 0.2) is 41.3 Å². The maximum atomic E-state index is 13.2. The molecule has 36 heavy (non-hydrogen) atoms. The first kappa shape index (κ1) is 28.2.